The summed E-state index contributed by atoms with van der Waals surface area (Å²) < 4.78 is 1.82. The first kappa shape index (κ1) is 15.6. The van der Waals surface area contributed by atoms with Gasteiger partial charge in [-0.15, -0.1) is 11.3 Å². The zero-order chi connectivity index (χ0) is 15.2. The molecule has 0 fully saturated rings. The maximum Gasteiger partial charge on any atom is 0.268 e. The number of halogens is 1. The lowest BCUT2D eigenvalue weighted by atomic mass is 10.3. The number of thiophene rings is 1. The van der Waals surface area contributed by atoms with Gasteiger partial charge >= 0.3 is 0 Å². The minimum absolute atomic E-state index is 0.133. The number of aryl methyl sites for hydroxylation is 1. The van der Waals surface area contributed by atoms with Gasteiger partial charge in [0.25, 0.3) is 5.91 Å². The minimum atomic E-state index is -0.133. The van der Waals surface area contributed by atoms with Gasteiger partial charge in [0.15, 0.2) is 0 Å². The van der Waals surface area contributed by atoms with Crippen LogP contribution in [0.4, 0.5) is 0 Å². The number of nitrogens with two attached hydrogens (primary N) is 1. The summed E-state index contributed by atoms with van der Waals surface area (Å²) in [5, 5.41) is 5.41. The molecule has 2 aromatic heterocycles. The number of amides is 1. The second kappa shape index (κ2) is 7.32. The lowest BCUT2D eigenvalue weighted by Gasteiger charge is -2.06. The summed E-state index contributed by atoms with van der Waals surface area (Å²) in [7, 11) is 0. The molecule has 0 spiro atoms. The first-order chi connectivity index (χ1) is 10.1. The zero-order valence-corrected chi connectivity index (χ0v) is 13.2. The second-order valence-corrected chi connectivity index (χ2v) is 5.75. The third kappa shape index (κ3) is 4.11. The Morgan fingerprint density at radius 2 is 2.33 bits per heavy atom. The van der Waals surface area contributed by atoms with Crippen molar-refractivity contribution in [2.75, 3.05) is 6.54 Å². The number of rotatable bonds is 4. The van der Waals surface area contributed by atoms with E-state index in [1.165, 1.54) is 0 Å². The lowest BCUT2D eigenvalue weighted by molar-refractivity contribution is 0.0942. The first-order valence-electron chi connectivity index (χ1n) is 6.54. The molecule has 1 amide bonds. The Kier molecular flexibility index (Phi) is 5.45. The van der Waals surface area contributed by atoms with Crippen molar-refractivity contribution in [3.63, 3.8) is 0 Å². The highest BCUT2D eigenvalue weighted by Crippen LogP contribution is 2.16. The Bertz CT molecular complexity index is 693. The summed E-state index contributed by atoms with van der Waals surface area (Å²) in [6.07, 6.45) is 1.75. The summed E-state index contributed by atoms with van der Waals surface area (Å²) in [6, 6.07) is 3.63. The molecule has 0 atom stereocenters. The van der Waals surface area contributed by atoms with Crippen LogP contribution in [-0.2, 0) is 13.1 Å². The number of carbonyl (C=O) groups excluding carboxylic acids is 1. The van der Waals surface area contributed by atoms with Crippen molar-refractivity contribution in [3.05, 3.63) is 44.9 Å². The number of hydrogen-bond donors (Lipinski definition) is 2. The van der Waals surface area contributed by atoms with E-state index < -0.39 is 0 Å². The number of nitrogens with one attached hydrogen (secondary N) is 1. The lowest BCUT2D eigenvalue weighted by Crippen LogP contribution is -2.24. The molecule has 0 bridgehead atoms. The SMILES string of the molecule is CCn1cc(Cl)cc1C(=O)NCc1cc(C#CCN)cs1. The molecule has 0 saturated carbocycles. The fourth-order valence-corrected chi connectivity index (χ4v) is 2.85. The Morgan fingerprint density at radius 3 is 3.05 bits per heavy atom. The van der Waals surface area contributed by atoms with Crippen molar-refractivity contribution < 1.29 is 4.79 Å². The van der Waals surface area contributed by atoms with Crippen LogP contribution in [-0.4, -0.2) is 17.0 Å². The van der Waals surface area contributed by atoms with Crippen molar-refractivity contribution in [3.8, 4) is 11.8 Å². The molecule has 110 valence electrons. The summed E-state index contributed by atoms with van der Waals surface area (Å²) in [6.45, 7) is 3.49. The van der Waals surface area contributed by atoms with Crippen LogP contribution in [0.5, 0.6) is 0 Å². The van der Waals surface area contributed by atoms with Crippen molar-refractivity contribution in [2.45, 2.75) is 20.0 Å². The predicted octanol–water partition coefficient (Wildman–Crippen LogP) is 2.46. The van der Waals surface area contributed by atoms with Crippen LogP contribution in [0.15, 0.2) is 23.7 Å². The highest BCUT2D eigenvalue weighted by atomic mass is 35.5. The first-order valence-corrected chi connectivity index (χ1v) is 7.80. The second-order valence-electron chi connectivity index (χ2n) is 4.32. The van der Waals surface area contributed by atoms with Gasteiger partial charge in [0.1, 0.15) is 5.69 Å². The molecule has 2 rings (SSSR count). The van der Waals surface area contributed by atoms with E-state index in [4.69, 9.17) is 17.3 Å². The van der Waals surface area contributed by atoms with Crippen molar-refractivity contribution in [1.29, 1.82) is 0 Å². The summed E-state index contributed by atoms with van der Waals surface area (Å²) in [5.74, 6) is 5.64. The van der Waals surface area contributed by atoms with Crippen LogP contribution in [0.25, 0.3) is 0 Å². The van der Waals surface area contributed by atoms with Crippen LogP contribution in [0.2, 0.25) is 5.02 Å². The molecule has 0 unspecified atom stereocenters. The summed E-state index contributed by atoms with van der Waals surface area (Å²) >= 11 is 7.49. The Balaban J connectivity index is 1.99. The Hall–Kier alpha value is -1.74. The molecule has 0 saturated heterocycles. The molecule has 2 aromatic rings. The Labute approximate surface area is 132 Å². The van der Waals surface area contributed by atoms with Crippen LogP contribution >= 0.6 is 22.9 Å². The molecular formula is C15H16ClN3OS. The van der Waals surface area contributed by atoms with E-state index in [1.54, 1.807) is 23.6 Å². The molecule has 4 nitrogen and oxygen atoms in total. The van der Waals surface area contributed by atoms with Crippen molar-refractivity contribution in [1.82, 2.24) is 9.88 Å². The molecule has 21 heavy (non-hydrogen) atoms. The van der Waals surface area contributed by atoms with Crippen LogP contribution < -0.4 is 11.1 Å². The summed E-state index contributed by atoms with van der Waals surface area (Å²) in [5.41, 5.74) is 6.83. The normalized spacial score (nSPS) is 10.0. The van der Waals surface area contributed by atoms with E-state index in [1.807, 2.05) is 22.9 Å². The van der Waals surface area contributed by atoms with Gasteiger partial charge in [0.05, 0.1) is 18.1 Å². The predicted molar refractivity (Wildman–Crippen MR) is 86.5 cm³/mol. The zero-order valence-electron chi connectivity index (χ0n) is 11.6. The highest BCUT2D eigenvalue weighted by Gasteiger charge is 2.12. The van der Waals surface area contributed by atoms with Gasteiger partial charge in [-0.25, -0.2) is 0 Å². The van der Waals surface area contributed by atoms with Crippen LogP contribution in [0.1, 0.15) is 27.9 Å². The fourth-order valence-electron chi connectivity index (χ4n) is 1.88. The number of hydrogen-bond acceptors (Lipinski definition) is 3. The molecule has 0 aliphatic rings. The highest BCUT2D eigenvalue weighted by molar-refractivity contribution is 7.10. The van der Waals surface area contributed by atoms with E-state index in [2.05, 4.69) is 17.2 Å². The van der Waals surface area contributed by atoms with Crippen molar-refractivity contribution >= 4 is 28.8 Å². The van der Waals surface area contributed by atoms with Crippen LogP contribution in [0, 0.1) is 11.8 Å². The molecule has 0 radical (unpaired) electrons. The maximum atomic E-state index is 12.2. The van der Waals surface area contributed by atoms with Gasteiger partial charge in [-0.1, -0.05) is 23.4 Å². The third-order valence-corrected chi connectivity index (χ3v) is 3.99. The van der Waals surface area contributed by atoms with E-state index in [0.717, 1.165) is 10.4 Å². The average Bonchev–Trinajstić information content (AvgIpc) is 3.08. The quantitative estimate of drug-likeness (QED) is 0.850. The molecule has 0 aromatic carbocycles. The third-order valence-electron chi connectivity index (χ3n) is 2.85. The van der Waals surface area contributed by atoms with Gasteiger partial charge in [-0.2, -0.15) is 0 Å². The van der Waals surface area contributed by atoms with E-state index in [-0.39, 0.29) is 5.91 Å². The van der Waals surface area contributed by atoms with E-state index >= 15 is 0 Å². The fraction of sp³-hybridized carbons (Fsp3) is 0.267. The molecule has 0 aliphatic heterocycles. The summed E-state index contributed by atoms with van der Waals surface area (Å²) in [4.78, 5) is 13.2. The molecule has 2 heterocycles. The van der Waals surface area contributed by atoms with Gasteiger partial charge in [0.2, 0.25) is 0 Å². The monoisotopic (exact) mass is 321 g/mol. The maximum absolute atomic E-state index is 12.2. The van der Waals surface area contributed by atoms with E-state index in [9.17, 15) is 4.79 Å². The topological polar surface area (TPSA) is 60.0 Å². The Morgan fingerprint density at radius 1 is 1.52 bits per heavy atom. The van der Waals surface area contributed by atoms with E-state index in [0.29, 0.717) is 30.4 Å². The van der Waals surface area contributed by atoms with Crippen molar-refractivity contribution in [2.24, 2.45) is 5.73 Å². The van der Waals surface area contributed by atoms with Gasteiger partial charge in [-0.3, -0.25) is 4.79 Å². The number of carbonyl (C=O) groups is 1. The van der Waals surface area contributed by atoms with Gasteiger partial charge in [0, 0.05) is 28.6 Å². The molecule has 0 aliphatic carbocycles. The van der Waals surface area contributed by atoms with Gasteiger partial charge in [-0.05, 0) is 19.1 Å². The smallest absolute Gasteiger partial charge is 0.268 e. The average molecular weight is 322 g/mol. The molecule has 6 heteroatoms. The largest absolute Gasteiger partial charge is 0.346 e. The number of nitrogens with zero attached hydrogens (tertiary/aromatic N) is 1. The van der Waals surface area contributed by atoms with Crippen LogP contribution in [0.3, 0.4) is 0 Å². The molecule has 3 N–H and O–H groups in total. The molecular weight excluding hydrogens is 306 g/mol. The minimum Gasteiger partial charge on any atom is -0.346 e. The van der Waals surface area contributed by atoms with Gasteiger partial charge < -0.3 is 15.6 Å². The number of aromatic nitrogens is 1. The standard InChI is InChI=1S/C15H16ClN3OS/c1-2-19-9-12(16)7-14(19)15(20)18-8-13-6-11(10-21-13)4-3-5-17/h6-7,9-10H,2,5,8,17H2,1H3,(H,18,20).